The Bertz CT molecular complexity index is 1650. The largest absolute Gasteiger partial charge is 0.480 e. The lowest BCUT2D eigenvalue weighted by Gasteiger charge is -2.37. The highest BCUT2D eigenvalue weighted by Gasteiger charge is 2.36. The zero-order valence-corrected chi connectivity index (χ0v) is 23.5. The summed E-state index contributed by atoms with van der Waals surface area (Å²) in [6.07, 6.45) is 3.74. The number of hydrogen-bond donors (Lipinski definition) is 0. The van der Waals surface area contributed by atoms with E-state index in [1.54, 1.807) is 11.7 Å². The van der Waals surface area contributed by atoms with Gasteiger partial charge >= 0.3 is 6.18 Å². The van der Waals surface area contributed by atoms with E-state index in [1.807, 2.05) is 18.3 Å². The summed E-state index contributed by atoms with van der Waals surface area (Å²) in [5, 5.41) is 0. The molecular weight excluding hydrogens is 545 g/mol. The average molecular weight is 577 g/mol. The highest BCUT2D eigenvalue weighted by molar-refractivity contribution is 5.74. The molecule has 4 aromatic rings. The van der Waals surface area contributed by atoms with E-state index < -0.39 is 11.9 Å². The average Bonchev–Trinajstić information content (AvgIpc) is 3.78. The van der Waals surface area contributed by atoms with Gasteiger partial charge in [-0.3, -0.25) is 0 Å². The molecule has 7 rings (SSSR count). The van der Waals surface area contributed by atoms with Gasteiger partial charge in [0.15, 0.2) is 17.3 Å². The fourth-order valence-electron chi connectivity index (χ4n) is 6.07. The molecule has 0 atom stereocenters. The Labute approximate surface area is 241 Å². The number of hydrogen-bond acceptors (Lipinski definition) is 8. The molecule has 1 aromatic carbocycles. The number of imidazole rings is 1. The van der Waals surface area contributed by atoms with Crippen LogP contribution in [0.5, 0.6) is 5.88 Å². The first-order valence-electron chi connectivity index (χ1n) is 14.4. The lowest BCUT2D eigenvalue weighted by molar-refractivity contribution is -0.140. The van der Waals surface area contributed by atoms with Crippen LogP contribution in [0.3, 0.4) is 0 Å². The molecule has 0 unspecified atom stereocenters. The first-order chi connectivity index (χ1) is 20.3. The third-order valence-electron chi connectivity index (χ3n) is 8.33. The fourth-order valence-corrected chi connectivity index (χ4v) is 6.07. The SMILES string of the molecule is CCN1CCN(Cc2ccc3c(c2)CCCn2cc(C(F)(F)F)nc2-3)c2nc(-c3c(OC)ncnc3C3CC3)ncc21. The van der Waals surface area contributed by atoms with E-state index in [-0.39, 0.29) is 0 Å². The van der Waals surface area contributed by atoms with Crippen LogP contribution in [-0.4, -0.2) is 56.2 Å². The van der Waals surface area contributed by atoms with Crippen LogP contribution in [0.15, 0.2) is 36.9 Å². The zero-order valence-electron chi connectivity index (χ0n) is 23.5. The fraction of sp³-hybridized carbons (Fsp3) is 0.433. The van der Waals surface area contributed by atoms with Crippen LogP contribution < -0.4 is 14.5 Å². The quantitative estimate of drug-likeness (QED) is 0.298. The Morgan fingerprint density at radius 2 is 1.86 bits per heavy atom. The number of ether oxygens (including phenoxy) is 1. The third-order valence-corrected chi connectivity index (χ3v) is 8.33. The second kappa shape index (κ2) is 10.2. The van der Waals surface area contributed by atoms with Crippen LogP contribution >= 0.6 is 0 Å². The van der Waals surface area contributed by atoms with E-state index in [0.29, 0.717) is 36.5 Å². The van der Waals surface area contributed by atoms with Crippen molar-refractivity contribution in [3.05, 3.63) is 59.4 Å². The standard InChI is InChI=1S/C30H31F3N8O/c1-3-39-11-12-41(28-22(39)14-34-26(38-28)24-25(19-7-8-19)35-17-36-29(24)42-2)15-18-6-9-21-20(13-18)5-4-10-40-16-23(30(31,32)33)37-27(21)40/h6,9,13-14,16-17,19H,3-5,7-8,10-12,15H2,1-2H3. The number of rotatable bonds is 6. The summed E-state index contributed by atoms with van der Waals surface area (Å²) in [5.41, 5.74) is 4.64. The Morgan fingerprint density at radius 3 is 2.62 bits per heavy atom. The van der Waals surface area contributed by atoms with Crippen molar-refractivity contribution in [2.45, 2.75) is 57.8 Å². The molecule has 0 amide bonds. The summed E-state index contributed by atoms with van der Waals surface area (Å²) >= 11 is 0. The molecule has 5 heterocycles. The number of fused-ring (bicyclic) bond motifs is 4. The summed E-state index contributed by atoms with van der Waals surface area (Å²) in [5.74, 6) is 2.60. The van der Waals surface area contributed by atoms with Gasteiger partial charge in [-0.2, -0.15) is 13.2 Å². The van der Waals surface area contributed by atoms with Gasteiger partial charge in [-0.1, -0.05) is 18.2 Å². The van der Waals surface area contributed by atoms with E-state index in [1.165, 1.54) is 6.33 Å². The lowest BCUT2D eigenvalue weighted by Crippen LogP contribution is -2.41. The van der Waals surface area contributed by atoms with Crippen molar-refractivity contribution in [2.24, 2.45) is 0 Å². The highest BCUT2D eigenvalue weighted by atomic mass is 19.4. The molecule has 42 heavy (non-hydrogen) atoms. The molecule has 3 aromatic heterocycles. The highest BCUT2D eigenvalue weighted by Crippen LogP contribution is 2.45. The molecule has 1 fully saturated rings. The van der Waals surface area contributed by atoms with Crippen LogP contribution in [0.1, 0.15) is 54.6 Å². The Hall–Kier alpha value is -4.22. The molecule has 0 N–H and O–H groups in total. The number of alkyl halides is 3. The minimum Gasteiger partial charge on any atom is -0.480 e. The predicted octanol–water partition coefficient (Wildman–Crippen LogP) is 5.49. The second-order valence-corrected chi connectivity index (χ2v) is 11.1. The summed E-state index contributed by atoms with van der Waals surface area (Å²) in [7, 11) is 1.60. The van der Waals surface area contributed by atoms with E-state index in [0.717, 1.165) is 91.0 Å². The molecule has 0 bridgehead atoms. The number of methoxy groups -OCH3 is 1. The molecule has 9 nitrogen and oxygen atoms in total. The van der Waals surface area contributed by atoms with E-state index in [9.17, 15) is 13.2 Å². The van der Waals surface area contributed by atoms with Crippen molar-refractivity contribution in [2.75, 3.05) is 36.5 Å². The molecule has 0 spiro atoms. The van der Waals surface area contributed by atoms with E-state index >= 15 is 0 Å². The van der Waals surface area contributed by atoms with Crippen LogP contribution in [-0.2, 0) is 25.7 Å². The summed E-state index contributed by atoms with van der Waals surface area (Å²) in [4.78, 5) is 27.3. The van der Waals surface area contributed by atoms with Crippen LogP contribution in [0.25, 0.3) is 22.8 Å². The van der Waals surface area contributed by atoms with Gasteiger partial charge in [0.2, 0.25) is 5.88 Å². The number of halogens is 3. The number of aromatic nitrogens is 6. The number of benzene rings is 1. The third kappa shape index (κ3) is 4.72. The molecule has 1 saturated carbocycles. The van der Waals surface area contributed by atoms with Gasteiger partial charge in [0.1, 0.15) is 17.7 Å². The van der Waals surface area contributed by atoms with Gasteiger partial charge in [-0.25, -0.2) is 24.9 Å². The smallest absolute Gasteiger partial charge is 0.434 e. The molecule has 0 radical (unpaired) electrons. The number of aryl methyl sites for hydroxylation is 2. The lowest BCUT2D eigenvalue weighted by atomic mass is 10.00. The predicted molar refractivity (Wildman–Crippen MR) is 152 cm³/mol. The maximum Gasteiger partial charge on any atom is 0.434 e. The second-order valence-electron chi connectivity index (χ2n) is 11.1. The molecule has 2 aliphatic heterocycles. The van der Waals surface area contributed by atoms with Gasteiger partial charge in [0.25, 0.3) is 0 Å². The zero-order chi connectivity index (χ0) is 29.0. The maximum absolute atomic E-state index is 13.4. The Balaban J connectivity index is 1.24. The molecule has 12 heteroatoms. The van der Waals surface area contributed by atoms with Gasteiger partial charge in [0.05, 0.1) is 24.7 Å². The normalized spacial score (nSPS) is 16.5. The van der Waals surface area contributed by atoms with Crippen LogP contribution in [0.2, 0.25) is 0 Å². The van der Waals surface area contributed by atoms with Gasteiger partial charge < -0.3 is 19.1 Å². The van der Waals surface area contributed by atoms with Crippen molar-refractivity contribution >= 4 is 11.5 Å². The molecule has 1 aliphatic carbocycles. The minimum absolute atomic E-state index is 0.363. The van der Waals surface area contributed by atoms with Crippen molar-refractivity contribution in [1.82, 2.24) is 29.5 Å². The van der Waals surface area contributed by atoms with Crippen molar-refractivity contribution < 1.29 is 17.9 Å². The topological polar surface area (TPSA) is 85.1 Å². The van der Waals surface area contributed by atoms with E-state index in [2.05, 4.69) is 37.7 Å². The first-order valence-corrected chi connectivity index (χ1v) is 14.4. The minimum atomic E-state index is -4.47. The van der Waals surface area contributed by atoms with Crippen LogP contribution in [0.4, 0.5) is 24.7 Å². The summed E-state index contributed by atoms with van der Waals surface area (Å²) in [6.45, 7) is 5.66. The monoisotopic (exact) mass is 576 g/mol. The Morgan fingerprint density at radius 1 is 1.02 bits per heavy atom. The van der Waals surface area contributed by atoms with Gasteiger partial charge in [0, 0.05) is 50.4 Å². The summed E-state index contributed by atoms with van der Waals surface area (Å²) < 4.78 is 47.4. The number of anilines is 2. The Kier molecular flexibility index (Phi) is 6.51. The van der Waals surface area contributed by atoms with Gasteiger partial charge in [-0.05, 0) is 43.7 Å². The molecule has 0 saturated heterocycles. The summed E-state index contributed by atoms with van der Waals surface area (Å²) in [6, 6.07) is 6.02. The van der Waals surface area contributed by atoms with Gasteiger partial charge in [-0.15, -0.1) is 0 Å². The first kappa shape index (κ1) is 26.7. The van der Waals surface area contributed by atoms with Crippen molar-refractivity contribution in [1.29, 1.82) is 0 Å². The molecule has 3 aliphatic rings. The number of likely N-dealkylation sites (N-methyl/N-ethyl adjacent to an activating group) is 1. The van der Waals surface area contributed by atoms with Crippen molar-refractivity contribution in [3.63, 3.8) is 0 Å². The number of nitrogens with zero attached hydrogens (tertiary/aromatic N) is 8. The van der Waals surface area contributed by atoms with Crippen LogP contribution in [0, 0.1) is 0 Å². The molecular formula is C30H31F3N8O. The van der Waals surface area contributed by atoms with Crippen molar-refractivity contribution in [3.8, 4) is 28.7 Å². The van der Waals surface area contributed by atoms with E-state index in [4.69, 9.17) is 14.7 Å². The molecule has 218 valence electrons. The maximum atomic E-state index is 13.4.